The molecule has 6 heteroatoms. The topological polar surface area (TPSA) is 56.2 Å². The van der Waals surface area contributed by atoms with Crippen LogP contribution in [0.3, 0.4) is 0 Å². The maximum absolute atomic E-state index is 12.9. The first kappa shape index (κ1) is 18.1. The molecule has 2 aliphatic heterocycles. The highest BCUT2D eigenvalue weighted by Gasteiger charge is 2.36. The molecule has 2 N–H and O–H groups in total. The van der Waals surface area contributed by atoms with Crippen molar-refractivity contribution >= 4 is 46.6 Å². The lowest BCUT2D eigenvalue weighted by atomic mass is 10.2. The van der Waals surface area contributed by atoms with Crippen molar-refractivity contribution in [3.05, 3.63) is 89.5 Å². The molecule has 4 nitrogen and oxygen atoms in total. The molecule has 2 aliphatic rings. The van der Waals surface area contributed by atoms with Gasteiger partial charge in [-0.15, -0.1) is 0 Å². The van der Waals surface area contributed by atoms with Crippen LogP contribution in [0.1, 0.15) is 6.42 Å². The van der Waals surface area contributed by atoms with E-state index in [0.717, 1.165) is 36.7 Å². The lowest BCUT2D eigenvalue weighted by Gasteiger charge is -2.19. The molecule has 3 aromatic carbocycles. The minimum Gasteiger partial charge on any atom is -0.349 e. The van der Waals surface area contributed by atoms with Gasteiger partial charge in [-0.25, -0.2) is 0 Å². The zero-order valence-electron chi connectivity index (χ0n) is 15.4. The van der Waals surface area contributed by atoms with Crippen molar-refractivity contribution < 1.29 is 4.79 Å². The van der Waals surface area contributed by atoms with Crippen LogP contribution in [0, 0.1) is 5.41 Å². The summed E-state index contributed by atoms with van der Waals surface area (Å²) in [6.45, 7) is 0. The van der Waals surface area contributed by atoms with E-state index in [1.165, 1.54) is 0 Å². The van der Waals surface area contributed by atoms with E-state index in [-0.39, 0.29) is 18.2 Å². The number of anilines is 2. The Morgan fingerprint density at radius 2 is 1.66 bits per heavy atom. The van der Waals surface area contributed by atoms with Gasteiger partial charge in [0.05, 0.1) is 22.8 Å². The molecule has 3 aromatic rings. The number of para-hydroxylation sites is 2. The van der Waals surface area contributed by atoms with E-state index in [1.807, 2.05) is 78.9 Å². The van der Waals surface area contributed by atoms with E-state index in [0.29, 0.717) is 0 Å². The van der Waals surface area contributed by atoms with Crippen LogP contribution >= 0.6 is 23.5 Å². The Morgan fingerprint density at radius 1 is 0.931 bits per heavy atom. The van der Waals surface area contributed by atoms with Gasteiger partial charge in [0, 0.05) is 20.3 Å². The van der Waals surface area contributed by atoms with Crippen LogP contribution in [0.25, 0.3) is 0 Å². The zero-order chi connectivity index (χ0) is 19.8. The molecule has 1 saturated heterocycles. The highest BCUT2D eigenvalue weighted by Crippen LogP contribution is 2.45. The van der Waals surface area contributed by atoms with Gasteiger partial charge in [-0.05, 0) is 36.4 Å². The SMILES string of the molecule is N=C1/C(=C2\Nc3ccccc3S2)CC(=O)N1c1ccccc1Sc1ccccc1. The first-order valence-electron chi connectivity index (χ1n) is 9.21. The number of thioether (sulfide) groups is 1. The second kappa shape index (κ2) is 7.46. The summed E-state index contributed by atoms with van der Waals surface area (Å²) < 4.78 is 0. The zero-order valence-corrected chi connectivity index (χ0v) is 17.0. The van der Waals surface area contributed by atoms with Gasteiger partial charge in [0.25, 0.3) is 0 Å². The number of benzene rings is 3. The molecule has 29 heavy (non-hydrogen) atoms. The van der Waals surface area contributed by atoms with Crippen LogP contribution in [0.4, 0.5) is 11.4 Å². The fraction of sp³-hybridized carbons (Fsp3) is 0.0435. The van der Waals surface area contributed by atoms with E-state index in [1.54, 1.807) is 28.4 Å². The second-order valence-corrected chi connectivity index (χ2v) is 8.84. The van der Waals surface area contributed by atoms with E-state index >= 15 is 0 Å². The fourth-order valence-electron chi connectivity index (χ4n) is 3.41. The summed E-state index contributed by atoms with van der Waals surface area (Å²) in [5.74, 6) is 0.177. The number of nitrogens with zero attached hydrogens (tertiary/aromatic N) is 1. The van der Waals surface area contributed by atoms with E-state index in [4.69, 9.17) is 5.41 Å². The molecule has 0 saturated carbocycles. The minimum atomic E-state index is -0.0723. The Labute approximate surface area is 177 Å². The Kier molecular flexibility index (Phi) is 4.66. The van der Waals surface area contributed by atoms with Gasteiger partial charge in [-0.3, -0.25) is 15.1 Å². The maximum Gasteiger partial charge on any atom is 0.237 e. The summed E-state index contributed by atoms with van der Waals surface area (Å²) in [6.07, 6.45) is 0.229. The molecular formula is C23H17N3OS2. The molecule has 0 spiro atoms. The quantitative estimate of drug-likeness (QED) is 0.552. The standard InChI is InChI=1S/C23H17N3OS2/c24-22-16(23-25-17-10-4-6-12-19(17)29-23)14-21(27)26(22)18-11-5-7-13-20(18)28-15-8-2-1-3-9-15/h1-13,24-25H,14H2/b23-16+,24-22?. The summed E-state index contributed by atoms with van der Waals surface area (Å²) in [5.41, 5.74) is 2.53. The lowest BCUT2D eigenvalue weighted by Crippen LogP contribution is -2.29. The van der Waals surface area contributed by atoms with Gasteiger partial charge >= 0.3 is 0 Å². The average molecular weight is 416 g/mol. The first-order chi connectivity index (χ1) is 14.2. The van der Waals surface area contributed by atoms with Crippen molar-refractivity contribution in [1.82, 2.24) is 0 Å². The number of amides is 1. The van der Waals surface area contributed by atoms with Crippen LogP contribution in [0.2, 0.25) is 0 Å². The van der Waals surface area contributed by atoms with Crippen molar-refractivity contribution in [3.63, 3.8) is 0 Å². The van der Waals surface area contributed by atoms with Crippen molar-refractivity contribution in [2.75, 3.05) is 10.2 Å². The summed E-state index contributed by atoms with van der Waals surface area (Å²) in [4.78, 5) is 17.6. The molecule has 0 atom stereocenters. The third-order valence-corrected chi connectivity index (χ3v) is 6.99. The number of hydrogen-bond donors (Lipinski definition) is 2. The second-order valence-electron chi connectivity index (χ2n) is 6.67. The minimum absolute atomic E-state index is 0.0723. The summed E-state index contributed by atoms with van der Waals surface area (Å²) in [5, 5.41) is 13.0. The van der Waals surface area contributed by atoms with Gasteiger partial charge < -0.3 is 5.32 Å². The normalized spacial score (nSPS) is 18.1. The Bertz CT molecular complexity index is 1130. The maximum atomic E-state index is 12.9. The van der Waals surface area contributed by atoms with Crippen LogP contribution in [0.5, 0.6) is 0 Å². The van der Waals surface area contributed by atoms with Crippen LogP contribution in [-0.4, -0.2) is 11.7 Å². The van der Waals surface area contributed by atoms with Crippen LogP contribution in [-0.2, 0) is 4.79 Å². The molecule has 2 heterocycles. The van der Waals surface area contributed by atoms with Gasteiger partial charge in [0.2, 0.25) is 5.91 Å². The molecule has 0 bridgehead atoms. The van der Waals surface area contributed by atoms with Gasteiger partial charge in [0.1, 0.15) is 5.84 Å². The van der Waals surface area contributed by atoms with Gasteiger partial charge in [0.15, 0.2) is 0 Å². The monoisotopic (exact) mass is 415 g/mol. The molecule has 0 unspecified atom stereocenters. The van der Waals surface area contributed by atoms with Gasteiger partial charge in [-0.2, -0.15) is 0 Å². The van der Waals surface area contributed by atoms with Gasteiger partial charge in [-0.1, -0.05) is 66.0 Å². The van der Waals surface area contributed by atoms with Crippen LogP contribution in [0.15, 0.2) is 104 Å². The van der Waals surface area contributed by atoms with Crippen molar-refractivity contribution in [2.24, 2.45) is 0 Å². The summed E-state index contributed by atoms with van der Waals surface area (Å²) in [7, 11) is 0. The fourth-order valence-corrected chi connectivity index (χ4v) is 5.42. The molecule has 1 amide bonds. The molecule has 0 aliphatic carbocycles. The third-order valence-electron chi connectivity index (χ3n) is 4.79. The summed E-state index contributed by atoms with van der Waals surface area (Å²) >= 11 is 3.19. The first-order valence-corrected chi connectivity index (χ1v) is 10.8. The molecule has 0 radical (unpaired) electrons. The van der Waals surface area contributed by atoms with E-state index in [9.17, 15) is 4.79 Å². The Hall–Kier alpha value is -2.96. The number of carbonyl (C=O) groups excluding carboxylic acids is 1. The van der Waals surface area contributed by atoms with Crippen molar-refractivity contribution in [1.29, 1.82) is 5.41 Å². The number of hydrogen-bond acceptors (Lipinski definition) is 5. The Morgan fingerprint density at radius 3 is 2.48 bits per heavy atom. The Balaban J connectivity index is 1.48. The molecule has 1 fully saturated rings. The lowest BCUT2D eigenvalue weighted by molar-refractivity contribution is -0.116. The molecular weight excluding hydrogens is 398 g/mol. The number of fused-ring (bicyclic) bond motifs is 1. The van der Waals surface area contributed by atoms with Crippen molar-refractivity contribution in [2.45, 2.75) is 21.1 Å². The highest BCUT2D eigenvalue weighted by molar-refractivity contribution is 8.03. The highest BCUT2D eigenvalue weighted by atomic mass is 32.2. The van der Waals surface area contributed by atoms with Crippen LogP contribution < -0.4 is 10.2 Å². The predicted molar refractivity (Wildman–Crippen MR) is 120 cm³/mol. The third kappa shape index (κ3) is 3.34. The van der Waals surface area contributed by atoms with E-state index in [2.05, 4.69) is 5.32 Å². The molecule has 5 rings (SSSR count). The van der Waals surface area contributed by atoms with Crippen molar-refractivity contribution in [3.8, 4) is 0 Å². The molecule has 0 aromatic heterocycles. The molecule has 142 valence electrons. The summed E-state index contributed by atoms with van der Waals surface area (Å²) in [6, 6.07) is 25.9. The number of amidine groups is 1. The number of rotatable bonds is 3. The smallest absolute Gasteiger partial charge is 0.237 e. The number of nitrogens with one attached hydrogen (secondary N) is 2. The number of carbonyl (C=O) groups is 1. The van der Waals surface area contributed by atoms with E-state index < -0.39 is 0 Å². The average Bonchev–Trinajstić information content (AvgIpc) is 3.30. The predicted octanol–water partition coefficient (Wildman–Crippen LogP) is 5.98. The largest absolute Gasteiger partial charge is 0.349 e.